The van der Waals surface area contributed by atoms with E-state index >= 15 is 0 Å². The fourth-order valence-electron chi connectivity index (χ4n) is 2.31. The molecule has 0 bridgehead atoms. The number of nitrogens with zero attached hydrogens (tertiary/aromatic N) is 3. The lowest BCUT2D eigenvalue weighted by atomic mass is 10.1. The van der Waals surface area contributed by atoms with E-state index in [0.29, 0.717) is 22.8 Å². The summed E-state index contributed by atoms with van der Waals surface area (Å²) in [6, 6.07) is 15.4. The van der Waals surface area contributed by atoms with Crippen molar-refractivity contribution in [3.63, 3.8) is 0 Å². The van der Waals surface area contributed by atoms with E-state index < -0.39 is 4.92 Å². The number of ether oxygens (including phenoxy) is 1. The molecule has 3 rings (SSSR count). The molecule has 2 aromatic carbocycles. The predicted molar refractivity (Wildman–Crippen MR) is 81.1 cm³/mol. The van der Waals surface area contributed by atoms with E-state index in [9.17, 15) is 15.4 Å². The summed E-state index contributed by atoms with van der Waals surface area (Å²) in [5, 5.41) is 20.2. The third-order valence-electron chi connectivity index (χ3n) is 3.43. The number of rotatable bonds is 2. The summed E-state index contributed by atoms with van der Waals surface area (Å²) in [5.41, 5.74) is 1.75. The van der Waals surface area contributed by atoms with Crippen LogP contribution in [0.1, 0.15) is 5.56 Å². The highest BCUT2D eigenvalue weighted by atomic mass is 16.6. The average Bonchev–Trinajstić information content (AvgIpc) is 2.86. The van der Waals surface area contributed by atoms with Crippen molar-refractivity contribution in [1.82, 2.24) is 0 Å². The summed E-state index contributed by atoms with van der Waals surface area (Å²) < 4.78 is 5.75. The lowest BCUT2D eigenvalue weighted by molar-refractivity contribution is -0.384. The Bertz CT molecular complexity index is 819. The van der Waals surface area contributed by atoms with Crippen molar-refractivity contribution in [1.29, 1.82) is 5.26 Å². The average molecular weight is 293 g/mol. The maximum Gasteiger partial charge on any atom is 0.269 e. The number of benzene rings is 2. The molecule has 0 aliphatic carbocycles. The first kappa shape index (κ1) is 13.6. The largest absolute Gasteiger partial charge is 0.437 e. The molecule has 0 fully saturated rings. The van der Waals surface area contributed by atoms with E-state index in [1.165, 1.54) is 12.1 Å². The van der Waals surface area contributed by atoms with Crippen LogP contribution in [0.3, 0.4) is 0 Å². The number of hydrogen-bond acceptors (Lipinski definition) is 5. The highest BCUT2D eigenvalue weighted by Crippen LogP contribution is 2.40. The molecule has 6 nitrogen and oxygen atoms in total. The molecule has 0 radical (unpaired) electrons. The van der Waals surface area contributed by atoms with Crippen LogP contribution >= 0.6 is 0 Å². The SMILES string of the molecule is CN1/C(=C(\C#N)c2ccc([N+](=O)[O-])cc2)Oc2ccccc21. The number of nitro benzene ring substituents is 1. The molecule has 0 N–H and O–H groups in total. The van der Waals surface area contributed by atoms with E-state index in [2.05, 4.69) is 6.07 Å². The molecule has 108 valence electrons. The first-order valence-corrected chi connectivity index (χ1v) is 6.51. The number of fused-ring (bicyclic) bond motifs is 1. The zero-order valence-corrected chi connectivity index (χ0v) is 11.7. The van der Waals surface area contributed by atoms with E-state index in [4.69, 9.17) is 4.74 Å². The Balaban J connectivity index is 2.05. The van der Waals surface area contributed by atoms with Crippen LogP contribution in [0, 0.1) is 21.4 Å². The molecule has 0 unspecified atom stereocenters. The van der Waals surface area contributed by atoms with Gasteiger partial charge in [-0.1, -0.05) is 12.1 Å². The highest BCUT2D eigenvalue weighted by molar-refractivity contribution is 5.84. The van der Waals surface area contributed by atoms with E-state index in [1.807, 2.05) is 31.3 Å². The number of nitriles is 1. The van der Waals surface area contributed by atoms with Gasteiger partial charge in [0.05, 0.1) is 10.6 Å². The minimum absolute atomic E-state index is 0.0185. The molecule has 1 heterocycles. The number of nitro groups is 1. The number of hydrogen-bond donors (Lipinski definition) is 0. The van der Waals surface area contributed by atoms with Crippen LogP contribution in [-0.4, -0.2) is 12.0 Å². The maximum absolute atomic E-state index is 10.7. The Hall–Kier alpha value is -3.33. The van der Waals surface area contributed by atoms with Crippen molar-refractivity contribution >= 4 is 16.9 Å². The van der Waals surface area contributed by atoms with Gasteiger partial charge in [0.25, 0.3) is 5.69 Å². The van der Waals surface area contributed by atoms with E-state index in [1.54, 1.807) is 17.0 Å². The van der Waals surface area contributed by atoms with Crippen LogP contribution < -0.4 is 9.64 Å². The minimum atomic E-state index is -0.475. The van der Waals surface area contributed by atoms with Gasteiger partial charge < -0.3 is 9.64 Å². The van der Waals surface area contributed by atoms with Gasteiger partial charge in [-0.25, -0.2) is 0 Å². The molecule has 0 spiro atoms. The number of anilines is 1. The van der Waals surface area contributed by atoms with Crippen molar-refractivity contribution in [3.05, 3.63) is 70.1 Å². The van der Waals surface area contributed by atoms with Crippen LogP contribution in [0.4, 0.5) is 11.4 Å². The zero-order valence-electron chi connectivity index (χ0n) is 11.7. The Morgan fingerprint density at radius 3 is 2.50 bits per heavy atom. The fraction of sp³-hybridized carbons (Fsp3) is 0.0625. The molecule has 0 atom stereocenters. The van der Waals surface area contributed by atoms with Crippen molar-refractivity contribution in [2.24, 2.45) is 0 Å². The number of non-ortho nitro benzene ring substituents is 1. The Morgan fingerprint density at radius 1 is 1.23 bits per heavy atom. The summed E-state index contributed by atoms with van der Waals surface area (Å²) in [4.78, 5) is 12.0. The molecule has 2 aromatic rings. The molecule has 0 saturated heterocycles. The maximum atomic E-state index is 10.7. The topological polar surface area (TPSA) is 79.4 Å². The van der Waals surface area contributed by atoms with Crippen molar-refractivity contribution < 1.29 is 9.66 Å². The minimum Gasteiger partial charge on any atom is -0.437 e. The fourth-order valence-corrected chi connectivity index (χ4v) is 2.31. The van der Waals surface area contributed by atoms with Crippen LogP contribution in [-0.2, 0) is 0 Å². The van der Waals surface area contributed by atoms with Gasteiger partial charge in [-0.15, -0.1) is 0 Å². The molecule has 0 saturated carbocycles. The normalized spacial score (nSPS) is 14.8. The van der Waals surface area contributed by atoms with Gasteiger partial charge in [0.2, 0.25) is 5.88 Å². The molecule has 22 heavy (non-hydrogen) atoms. The second-order valence-corrected chi connectivity index (χ2v) is 4.72. The summed E-state index contributed by atoms with van der Waals surface area (Å²) in [6.45, 7) is 0. The number of para-hydroxylation sites is 2. The van der Waals surface area contributed by atoms with Crippen molar-refractivity contribution in [2.45, 2.75) is 0 Å². The standard InChI is InChI=1S/C16H11N3O3/c1-18-14-4-2-3-5-15(14)22-16(18)13(10-17)11-6-8-12(9-7-11)19(20)21/h2-9H,1H3/b16-13-. The predicted octanol–water partition coefficient (Wildman–Crippen LogP) is 3.32. The molecule has 0 amide bonds. The first-order valence-electron chi connectivity index (χ1n) is 6.51. The smallest absolute Gasteiger partial charge is 0.269 e. The zero-order chi connectivity index (χ0) is 15.7. The summed E-state index contributed by atoms with van der Waals surface area (Å²) in [5.74, 6) is 1.09. The second-order valence-electron chi connectivity index (χ2n) is 4.72. The monoisotopic (exact) mass is 293 g/mol. The lowest BCUT2D eigenvalue weighted by Crippen LogP contribution is -2.15. The van der Waals surface area contributed by atoms with E-state index in [0.717, 1.165) is 5.69 Å². The molecular weight excluding hydrogens is 282 g/mol. The van der Waals surface area contributed by atoms with Crippen molar-refractivity contribution in [3.8, 4) is 11.8 Å². The molecule has 1 aliphatic rings. The van der Waals surface area contributed by atoms with Gasteiger partial charge in [-0.2, -0.15) is 5.26 Å². The Kier molecular flexibility index (Phi) is 3.24. The molecule has 6 heteroatoms. The molecule has 1 aliphatic heterocycles. The van der Waals surface area contributed by atoms with Crippen LogP contribution in [0.15, 0.2) is 54.4 Å². The third kappa shape index (κ3) is 2.15. The van der Waals surface area contributed by atoms with Crippen LogP contribution in [0.2, 0.25) is 0 Å². The van der Waals surface area contributed by atoms with Gasteiger partial charge in [0, 0.05) is 19.2 Å². The Labute approximate surface area is 126 Å². The molecule has 0 aromatic heterocycles. The first-order chi connectivity index (χ1) is 10.6. The molecular formula is C16H11N3O3. The quantitative estimate of drug-likeness (QED) is 0.482. The third-order valence-corrected chi connectivity index (χ3v) is 3.43. The summed E-state index contributed by atoms with van der Waals surface area (Å²) in [7, 11) is 1.81. The van der Waals surface area contributed by atoms with Gasteiger partial charge >= 0.3 is 0 Å². The van der Waals surface area contributed by atoms with Gasteiger partial charge in [-0.3, -0.25) is 10.1 Å². The summed E-state index contributed by atoms with van der Waals surface area (Å²) in [6.07, 6.45) is 0. The van der Waals surface area contributed by atoms with Gasteiger partial charge in [0.1, 0.15) is 11.6 Å². The van der Waals surface area contributed by atoms with Gasteiger partial charge in [0.15, 0.2) is 5.75 Å². The van der Waals surface area contributed by atoms with Crippen LogP contribution in [0.5, 0.6) is 5.75 Å². The Morgan fingerprint density at radius 2 is 1.91 bits per heavy atom. The van der Waals surface area contributed by atoms with Crippen LogP contribution in [0.25, 0.3) is 5.57 Å². The second kappa shape index (κ2) is 5.22. The highest BCUT2D eigenvalue weighted by Gasteiger charge is 2.26. The van der Waals surface area contributed by atoms with E-state index in [-0.39, 0.29) is 5.69 Å². The van der Waals surface area contributed by atoms with Gasteiger partial charge in [-0.05, 0) is 29.8 Å². The number of allylic oxidation sites excluding steroid dienone is 1. The van der Waals surface area contributed by atoms with Crippen molar-refractivity contribution in [2.75, 3.05) is 11.9 Å². The summed E-state index contributed by atoms with van der Waals surface area (Å²) >= 11 is 0. The lowest BCUT2D eigenvalue weighted by Gasteiger charge is -2.13.